The number of nitrogens with zero attached hydrogens (tertiary/aromatic N) is 1. The predicted molar refractivity (Wildman–Crippen MR) is 58.4 cm³/mol. The number of hydrogen-bond acceptors (Lipinski definition) is 2. The average molecular weight is 208 g/mol. The lowest BCUT2D eigenvalue weighted by molar-refractivity contribution is -0.122. The summed E-state index contributed by atoms with van der Waals surface area (Å²) in [6, 6.07) is 0.897. The fraction of sp³-hybridized carbons (Fsp3) is 0.917. The third-order valence-electron chi connectivity index (χ3n) is 3.89. The lowest BCUT2D eigenvalue weighted by Gasteiger charge is -2.15. The van der Waals surface area contributed by atoms with Gasteiger partial charge in [0.15, 0.2) is 0 Å². The van der Waals surface area contributed by atoms with Gasteiger partial charge in [0.2, 0.25) is 5.91 Å². The Bertz CT molecular complexity index is 258. The standard InChI is InChI=1S/C12H20N2O/c15-12(10-1-2-10)13-7-9-5-6-14(8-9)11-3-4-11/h9-11H,1-8H2,(H,13,15). The molecule has 1 unspecified atom stereocenters. The molecule has 3 heteroatoms. The second-order valence-electron chi connectivity index (χ2n) is 5.40. The maximum Gasteiger partial charge on any atom is 0.223 e. The van der Waals surface area contributed by atoms with Crippen molar-refractivity contribution in [2.45, 2.75) is 38.1 Å². The van der Waals surface area contributed by atoms with E-state index < -0.39 is 0 Å². The van der Waals surface area contributed by atoms with E-state index in [2.05, 4.69) is 10.2 Å². The Morgan fingerprint density at radius 1 is 1.20 bits per heavy atom. The van der Waals surface area contributed by atoms with E-state index in [1.54, 1.807) is 0 Å². The van der Waals surface area contributed by atoms with Gasteiger partial charge in [-0.05, 0) is 44.6 Å². The first-order valence-corrected chi connectivity index (χ1v) is 6.34. The van der Waals surface area contributed by atoms with Crippen molar-refractivity contribution in [2.75, 3.05) is 19.6 Å². The molecule has 3 rings (SSSR count). The molecule has 0 aromatic carbocycles. The molecule has 1 heterocycles. The van der Waals surface area contributed by atoms with Gasteiger partial charge in [-0.1, -0.05) is 0 Å². The van der Waals surface area contributed by atoms with E-state index in [1.165, 1.54) is 32.4 Å². The quantitative estimate of drug-likeness (QED) is 0.747. The van der Waals surface area contributed by atoms with Crippen molar-refractivity contribution in [3.8, 4) is 0 Å². The summed E-state index contributed by atoms with van der Waals surface area (Å²) < 4.78 is 0. The number of rotatable bonds is 4. The van der Waals surface area contributed by atoms with Crippen molar-refractivity contribution in [2.24, 2.45) is 11.8 Å². The SMILES string of the molecule is O=C(NCC1CCN(C2CC2)C1)C1CC1. The first-order chi connectivity index (χ1) is 7.33. The minimum atomic E-state index is 0.305. The monoisotopic (exact) mass is 208 g/mol. The largest absolute Gasteiger partial charge is 0.356 e. The summed E-state index contributed by atoms with van der Waals surface area (Å²) in [7, 11) is 0. The van der Waals surface area contributed by atoms with Crippen molar-refractivity contribution in [1.29, 1.82) is 0 Å². The van der Waals surface area contributed by atoms with Crippen LogP contribution < -0.4 is 5.32 Å². The highest BCUT2D eigenvalue weighted by Gasteiger charge is 2.35. The molecule has 0 radical (unpaired) electrons. The summed E-state index contributed by atoms with van der Waals surface area (Å²) in [5, 5.41) is 3.10. The van der Waals surface area contributed by atoms with Crippen LogP contribution in [0.2, 0.25) is 0 Å². The number of carbonyl (C=O) groups excluding carboxylic acids is 1. The highest BCUT2D eigenvalue weighted by molar-refractivity contribution is 5.80. The van der Waals surface area contributed by atoms with Crippen LogP contribution in [0.4, 0.5) is 0 Å². The highest BCUT2D eigenvalue weighted by atomic mass is 16.2. The van der Waals surface area contributed by atoms with E-state index in [1.807, 2.05) is 0 Å². The average Bonchev–Trinajstić information content (AvgIpc) is 3.12. The smallest absolute Gasteiger partial charge is 0.223 e. The van der Waals surface area contributed by atoms with Crippen molar-refractivity contribution in [3.05, 3.63) is 0 Å². The van der Waals surface area contributed by atoms with Gasteiger partial charge in [0, 0.05) is 25.0 Å². The molecule has 1 N–H and O–H groups in total. The maximum atomic E-state index is 11.5. The normalized spacial score (nSPS) is 31.9. The fourth-order valence-electron chi connectivity index (χ4n) is 2.54. The molecule has 1 atom stereocenters. The summed E-state index contributed by atoms with van der Waals surface area (Å²) in [5.41, 5.74) is 0. The minimum absolute atomic E-state index is 0.305. The molecule has 1 aliphatic heterocycles. The molecule has 0 spiro atoms. The van der Waals surface area contributed by atoms with Gasteiger partial charge in [-0.2, -0.15) is 0 Å². The van der Waals surface area contributed by atoms with Crippen LogP contribution in [0.25, 0.3) is 0 Å². The van der Waals surface area contributed by atoms with Crippen LogP contribution in [0.1, 0.15) is 32.1 Å². The molecule has 0 aromatic heterocycles. The third kappa shape index (κ3) is 2.33. The molecule has 1 amide bonds. The van der Waals surface area contributed by atoms with Crippen molar-refractivity contribution >= 4 is 5.91 Å². The van der Waals surface area contributed by atoms with Gasteiger partial charge in [-0.15, -0.1) is 0 Å². The van der Waals surface area contributed by atoms with E-state index >= 15 is 0 Å². The summed E-state index contributed by atoms with van der Waals surface area (Å²) in [4.78, 5) is 14.1. The number of likely N-dealkylation sites (tertiary alicyclic amines) is 1. The number of nitrogens with one attached hydrogen (secondary N) is 1. The Morgan fingerprint density at radius 3 is 2.67 bits per heavy atom. The predicted octanol–water partition coefficient (Wildman–Crippen LogP) is 0.997. The summed E-state index contributed by atoms with van der Waals surface area (Å²) in [6.07, 6.45) is 6.32. The maximum absolute atomic E-state index is 11.5. The molecule has 3 aliphatic rings. The molecule has 0 aromatic rings. The lowest BCUT2D eigenvalue weighted by atomic mass is 10.1. The second-order valence-corrected chi connectivity index (χ2v) is 5.40. The zero-order chi connectivity index (χ0) is 10.3. The Labute approximate surface area is 91.2 Å². The van der Waals surface area contributed by atoms with E-state index in [0.29, 0.717) is 17.7 Å². The van der Waals surface area contributed by atoms with Gasteiger partial charge >= 0.3 is 0 Å². The van der Waals surface area contributed by atoms with Crippen molar-refractivity contribution in [1.82, 2.24) is 10.2 Å². The zero-order valence-corrected chi connectivity index (χ0v) is 9.24. The van der Waals surface area contributed by atoms with Gasteiger partial charge < -0.3 is 10.2 Å². The molecule has 2 saturated carbocycles. The third-order valence-corrected chi connectivity index (χ3v) is 3.89. The summed E-state index contributed by atoms with van der Waals surface area (Å²) >= 11 is 0. The fourth-order valence-corrected chi connectivity index (χ4v) is 2.54. The summed E-state index contributed by atoms with van der Waals surface area (Å²) in [6.45, 7) is 3.39. The van der Waals surface area contributed by atoms with Crippen LogP contribution in [0.15, 0.2) is 0 Å². The molecule has 15 heavy (non-hydrogen) atoms. The minimum Gasteiger partial charge on any atom is -0.356 e. The number of amides is 1. The van der Waals surface area contributed by atoms with Gasteiger partial charge in [0.25, 0.3) is 0 Å². The molecule has 0 bridgehead atoms. The number of carbonyl (C=O) groups is 1. The van der Waals surface area contributed by atoms with Gasteiger partial charge in [-0.25, -0.2) is 0 Å². The molecule has 1 saturated heterocycles. The van der Waals surface area contributed by atoms with Crippen LogP contribution >= 0.6 is 0 Å². The zero-order valence-electron chi connectivity index (χ0n) is 9.24. The van der Waals surface area contributed by atoms with Gasteiger partial charge in [-0.3, -0.25) is 4.79 Å². The van der Waals surface area contributed by atoms with Crippen LogP contribution in [-0.4, -0.2) is 36.5 Å². The highest BCUT2D eigenvalue weighted by Crippen LogP contribution is 2.32. The lowest BCUT2D eigenvalue weighted by Crippen LogP contribution is -2.32. The Morgan fingerprint density at radius 2 is 2.00 bits per heavy atom. The van der Waals surface area contributed by atoms with Crippen molar-refractivity contribution in [3.63, 3.8) is 0 Å². The van der Waals surface area contributed by atoms with Gasteiger partial charge in [0.1, 0.15) is 0 Å². The van der Waals surface area contributed by atoms with E-state index in [4.69, 9.17) is 0 Å². The van der Waals surface area contributed by atoms with Gasteiger partial charge in [0.05, 0.1) is 0 Å². The van der Waals surface area contributed by atoms with E-state index in [9.17, 15) is 4.79 Å². The molecule has 3 fully saturated rings. The van der Waals surface area contributed by atoms with E-state index in [0.717, 1.165) is 25.4 Å². The number of hydrogen-bond donors (Lipinski definition) is 1. The second kappa shape index (κ2) is 3.78. The van der Waals surface area contributed by atoms with Crippen LogP contribution in [0.5, 0.6) is 0 Å². The van der Waals surface area contributed by atoms with Crippen LogP contribution in [0.3, 0.4) is 0 Å². The first-order valence-electron chi connectivity index (χ1n) is 6.34. The molecule has 3 nitrogen and oxygen atoms in total. The molecular formula is C12H20N2O. The Hall–Kier alpha value is -0.570. The molecular weight excluding hydrogens is 188 g/mol. The molecule has 84 valence electrons. The van der Waals surface area contributed by atoms with Crippen LogP contribution in [0, 0.1) is 11.8 Å². The topological polar surface area (TPSA) is 32.3 Å². The first kappa shape index (κ1) is 9.64. The summed E-state index contributed by atoms with van der Waals surface area (Å²) in [5.74, 6) is 1.39. The van der Waals surface area contributed by atoms with Crippen LogP contribution in [-0.2, 0) is 4.79 Å². The van der Waals surface area contributed by atoms with Crippen molar-refractivity contribution < 1.29 is 4.79 Å². The Kier molecular flexibility index (Phi) is 2.43. The molecule has 2 aliphatic carbocycles. The Balaban J connectivity index is 1.38. The van der Waals surface area contributed by atoms with E-state index in [-0.39, 0.29) is 0 Å².